The quantitative estimate of drug-likeness (QED) is 0.699. The van der Waals surface area contributed by atoms with Gasteiger partial charge in [-0.05, 0) is 44.5 Å². The average Bonchev–Trinajstić information content (AvgIpc) is 2.78. The molecule has 180 valence electrons. The molecular weight excluding hydrogens is 431 g/mol. The molecule has 1 saturated heterocycles. The Kier molecular flexibility index (Phi) is 6.86. The third-order valence-electron chi connectivity index (χ3n) is 6.91. The highest BCUT2D eigenvalue weighted by atomic mass is 19.4. The molecule has 2 aliphatic heterocycles. The van der Waals surface area contributed by atoms with Crippen LogP contribution in [0.25, 0.3) is 0 Å². The van der Waals surface area contributed by atoms with Gasteiger partial charge in [0.1, 0.15) is 0 Å². The van der Waals surface area contributed by atoms with Crippen LogP contribution in [0.15, 0.2) is 42.5 Å². The number of ether oxygens (including phenoxy) is 1. The number of amides is 1. The fourth-order valence-electron chi connectivity index (χ4n) is 5.18. The van der Waals surface area contributed by atoms with Crippen LogP contribution in [0.1, 0.15) is 36.5 Å². The molecular formula is C25H32F3N3O2. The molecule has 1 unspecified atom stereocenters. The third kappa shape index (κ3) is 5.27. The Bertz CT molecular complexity index is 928. The van der Waals surface area contributed by atoms with Crippen molar-refractivity contribution in [3.8, 4) is 0 Å². The summed E-state index contributed by atoms with van der Waals surface area (Å²) in [6, 6.07) is 4.02. The molecule has 1 aromatic rings. The zero-order chi connectivity index (χ0) is 23.8. The van der Waals surface area contributed by atoms with Gasteiger partial charge in [-0.15, -0.1) is 0 Å². The fraction of sp³-hybridized carbons (Fsp3) is 0.560. The Hall–Kier alpha value is -2.32. The van der Waals surface area contributed by atoms with Crippen LogP contribution in [0.3, 0.4) is 0 Å². The minimum atomic E-state index is -4.40. The Morgan fingerprint density at radius 2 is 1.97 bits per heavy atom. The van der Waals surface area contributed by atoms with Gasteiger partial charge in [-0.2, -0.15) is 13.2 Å². The maximum absolute atomic E-state index is 13.5. The number of alkyl halides is 3. The Labute approximate surface area is 193 Å². The molecule has 33 heavy (non-hydrogen) atoms. The average molecular weight is 464 g/mol. The number of nitrogens with zero attached hydrogens (tertiary/aromatic N) is 2. The molecule has 0 saturated carbocycles. The van der Waals surface area contributed by atoms with E-state index in [1.165, 1.54) is 6.07 Å². The summed E-state index contributed by atoms with van der Waals surface area (Å²) in [4.78, 5) is 15.5. The van der Waals surface area contributed by atoms with E-state index in [1.807, 2.05) is 24.1 Å². The maximum atomic E-state index is 13.5. The first-order chi connectivity index (χ1) is 15.6. The van der Waals surface area contributed by atoms with Crippen LogP contribution in [0.4, 0.5) is 18.9 Å². The van der Waals surface area contributed by atoms with Crippen molar-refractivity contribution in [1.29, 1.82) is 0 Å². The van der Waals surface area contributed by atoms with E-state index < -0.39 is 17.8 Å². The second-order valence-corrected chi connectivity index (χ2v) is 9.59. The predicted molar refractivity (Wildman–Crippen MR) is 122 cm³/mol. The van der Waals surface area contributed by atoms with E-state index >= 15 is 0 Å². The van der Waals surface area contributed by atoms with Crippen molar-refractivity contribution in [2.24, 2.45) is 11.8 Å². The van der Waals surface area contributed by atoms with Crippen LogP contribution in [-0.2, 0) is 15.7 Å². The Morgan fingerprint density at radius 3 is 2.64 bits per heavy atom. The molecule has 0 radical (unpaired) electrons. The molecule has 0 bridgehead atoms. The molecule has 2 heterocycles. The van der Waals surface area contributed by atoms with Gasteiger partial charge < -0.3 is 15.0 Å². The van der Waals surface area contributed by atoms with E-state index in [4.69, 9.17) is 4.74 Å². The minimum Gasteiger partial charge on any atom is -0.381 e. The number of carbonyl (C=O) groups excluding carboxylic acids is 1. The highest BCUT2D eigenvalue weighted by Gasteiger charge is 2.45. The van der Waals surface area contributed by atoms with Gasteiger partial charge in [0, 0.05) is 49.8 Å². The number of carbonyl (C=O) groups is 1. The maximum Gasteiger partial charge on any atom is 0.416 e. The summed E-state index contributed by atoms with van der Waals surface area (Å²) < 4.78 is 46.9. The summed E-state index contributed by atoms with van der Waals surface area (Å²) in [7, 11) is 5.31. The summed E-state index contributed by atoms with van der Waals surface area (Å²) in [6.07, 6.45) is 5.97. The molecule has 0 spiro atoms. The van der Waals surface area contributed by atoms with E-state index in [2.05, 4.69) is 17.5 Å². The number of benzene rings is 1. The normalized spacial score (nSPS) is 28.8. The van der Waals surface area contributed by atoms with Gasteiger partial charge in [0.25, 0.3) is 0 Å². The molecule has 1 N–H and O–H groups in total. The summed E-state index contributed by atoms with van der Waals surface area (Å²) in [5.74, 6) is 0.344. The van der Waals surface area contributed by atoms with Gasteiger partial charge in [-0.25, -0.2) is 0 Å². The van der Waals surface area contributed by atoms with Crippen LogP contribution in [0, 0.1) is 11.8 Å². The SMILES string of the molecule is CN(CC(=O)N(C)C)C[C@H]1CC[C@@H]2[C@H](O1)c1cc(C(F)(F)F)ccc1N[C@H]2C1C=CC=CC1. The molecule has 3 aliphatic rings. The second kappa shape index (κ2) is 9.50. The number of likely N-dealkylation sites (N-methyl/N-ethyl adjacent to an activating group) is 2. The Balaban J connectivity index is 1.58. The highest BCUT2D eigenvalue weighted by Crippen LogP contribution is 2.49. The number of rotatable bonds is 5. The molecule has 4 rings (SSSR count). The fourth-order valence-corrected chi connectivity index (χ4v) is 5.18. The van der Waals surface area contributed by atoms with E-state index in [1.54, 1.807) is 25.1 Å². The monoisotopic (exact) mass is 463 g/mol. The number of nitrogens with one attached hydrogen (secondary N) is 1. The number of halogens is 3. The van der Waals surface area contributed by atoms with Gasteiger partial charge in [0.2, 0.25) is 5.91 Å². The topological polar surface area (TPSA) is 44.8 Å². The first kappa shape index (κ1) is 23.8. The van der Waals surface area contributed by atoms with Gasteiger partial charge in [0.05, 0.1) is 24.3 Å². The van der Waals surface area contributed by atoms with Crippen molar-refractivity contribution in [2.45, 2.75) is 43.7 Å². The lowest BCUT2D eigenvalue weighted by atomic mass is 9.73. The molecule has 1 aliphatic carbocycles. The summed E-state index contributed by atoms with van der Waals surface area (Å²) >= 11 is 0. The zero-order valence-corrected chi connectivity index (χ0v) is 19.3. The molecule has 5 nitrogen and oxygen atoms in total. The lowest BCUT2D eigenvalue weighted by Gasteiger charge is -2.48. The highest BCUT2D eigenvalue weighted by molar-refractivity contribution is 5.77. The minimum absolute atomic E-state index is 0.00502. The standard InChI is InChI=1S/C25H32F3N3O2/c1-30(2)22(32)15-31(3)14-18-10-11-19-23(16-7-5-4-6-8-16)29-21-12-9-17(25(26,27)28)13-20(21)24(19)33-18/h4-7,9,12-13,16,18-19,23-24,29H,8,10-11,14-15H2,1-3H3/t16?,18-,19+,23+,24+/m1/s1. The zero-order valence-electron chi connectivity index (χ0n) is 19.3. The number of anilines is 1. The van der Waals surface area contributed by atoms with Crippen molar-refractivity contribution in [1.82, 2.24) is 9.80 Å². The lowest BCUT2D eigenvalue weighted by Crippen LogP contribution is -2.48. The summed E-state index contributed by atoms with van der Waals surface area (Å²) in [6.45, 7) is 0.834. The van der Waals surface area contributed by atoms with Crippen LogP contribution >= 0.6 is 0 Å². The van der Waals surface area contributed by atoms with Gasteiger partial charge in [0.15, 0.2) is 0 Å². The molecule has 1 aromatic carbocycles. The van der Waals surface area contributed by atoms with Crippen molar-refractivity contribution in [3.63, 3.8) is 0 Å². The van der Waals surface area contributed by atoms with Crippen molar-refractivity contribution >= 4 is 11.6 Å². The number of fused-ring (bicyclic) bond motifs is 3. The largest absolute Gasteiger partial charge is 0.416 e. The lowest BCUT2D eigenvalue weighted by molar-refractivity contribution is -0.138. The molecule has 0 aromatic heterocycles. The first-order valence-electron chi connectivity index (χ1n) is 11.5. The molecule has 1 fully saturated rings. The van der Waals surface area contributed by atoms with Crippen molar-refractivity contribution in [3.05, 3.63) is 53.6 Å². The summed E-state index contributed by atoms with van der Waals surface area (Å²) in [5, 5.41) is 3.55. The van der Waals surface area contributed by atoms with Crippen LogP contribution in [-0.4, -0.2) is 62.1 Å². The van der Waals surface area contributed by atoms with Crippen molar-refractivity contribution in [2.75, 3.05) is 39.5 Å². The molecule has 5 atom stereocenters. The van der Waals surface area contributed by atoms with E-state index in [9.17, 15) is 18.0 Å². The van der Waals surface area contributed by atoms with Crippen LogP contribution < -0.4 is 5.32 Å². The molecule has 8 heteroatoms. The number of hydrogen-bond donors (Lipinski definition) is 1. The third-order valence-corrected chi connectivity index (χ3v) is 6.91. The van der Waals surface area contributed by atoms with E-state index in [0.29, 0.717) is 17.8 Å². The van der Waals surface area contributed by atoms with E-state index in [-0.39, 0.29) is 36.4 Å². The second-order valence-electron chi connectivity index (χ2n) is 9.59. The van der Waals surface area contributed by atoms with Gasteiger partial charge >= 0.3 is 6.18 Å². The first-order valence-corrected chi connectivity index (χ1v) is 11.5. The summed E-state index contributed by atoms with van der Waals surface area (Å²) in [5.41, 5.74) is 0.646. The number of hydrogen-bond acceptors (Lipinski definition) is 4. The molecule has 1 amide bonds. The van der Waals surface area contributed by atoms with Gasteiger partial charge in [-0.3, -0.25) is 9.69 Å². The van der Waals surface area contributed by atoms with Crippen molar-refractivity contribution < 1.29 is 22.7 Å². The number of allylic oxidation sites excluding steroid dienone is 3. The van der Waals surface area contributed by atoms with Gasteiger partial charge in [-0.1, -0.05) is 24.3 Å². The van der Waals surface area contributed by atoms with Crippen LogP contribution in [0.2, 0.25) is 0 Å². The van der Waals surface area contributed by atoms with E-state index in [0.717, 1.165) is 25.3 Å². The smallest absolute Gasteiger partial charge is 0.381 e. The van der Waals surface area contributed by atoms with Crippen LogP contribution in [0.5, 0.6) is 0 Å². The Morgan fingerprint density at radius 1 is 1.18 bits per heavy atom. The predicted octanol–water partition coefficient (Wildman–Crippen LogP) is 4.49.